The number of carbonyl (C=O) groups excluding carboxylic acids is 2. The molecule has 0 unspecified atom stereocenters. The topological polar surface area (TPSA) is 58.6 Å². The summed E-state index contributed by atoms with van der Waals surface area (Å²) in [6.45, 7) is 6.67. The average Bonchev–Trinajstić information content (AvgIpc) is 3.19. The maximum absolute atomic E-state index is 12.8. The molecule has 0 bridgehead atoms. The van der Waals surface area contributed by atoms with Gasteiger partial charge in [-0.1, -0.05) is 62.8 Å². The molecule has 1 saturated carbocycles. The molecule has 32 heavy (non-hydrogen) atoms. The third-order valence-electron chi connectivity index (χ3n) is 6.39. The van der Waals surface area contributed by atoms with E-state index in [1.165, 1.54) is 56.9 Å². The SMILES string of the molecule is CC(C)(C)OC(=O)N1CC[C@@H](NC(=O)C2=C/C=C\C(C3CCCCCCCC3)=C/C=C\2)C1. The van der Waals surface area contributed by atoms with Crippen molar-refractivity contribution in [1.29, 1.82) is 0 Å². The van der Waals surface area contributed by atoms with Crippen LogP contribution in [0.1, 0.15) is 78.6 Å². The second-order valence-corrected chi connectivity index (χ2v) is 10.3. The van der Waals surface area contributed by atoms with Gasteiger partial charge in [0.2, 0.25) is 0 Å². The van der Waals surface area contributed by atoms with Crippen LogP contribution in [0, 0.1) is 5.92 Å². The summed E-state index contributed by atoms with van der Waals surface area (Å²) in [4.78, 5) is 26.7. The first-order valence-electron chi connectivity index (χ1n) is 12.4. The first kappa shape index (κ1) is 24.3. The van der Waals surface area contributed by atoms with Crippen LogP contribution < -0.4 is 5.32 Å². The number of hydrogen-bond acceptors (Lipinski definition) is 3. The van der Waals surface area contributed by atoms with Gasteiger partial charge in [-0.05, 0) is 63.7 Å². The van der Waals surface area contributed by atoms with Gasteiger partial charge < -0.3 is 15.0 Å². The fourth-order valence-corrected chi connectivity index (χ4v) is 4.67. The van der Waals surface area contributed by atoms with Crippen molar-refractivity contribution in [2.45, 2.75) is 90.2 Å². The van der Waals surface area contributed by atoms with Gasteiger partial charge in [-0.15, -0.1) is 0 Å². The Kier molecular flexibility index (Phi) is 8.77. The summed E-state index contributed by atoms with van der Waals surface area (Å²) in [5.74, 6) is 0.524. The molecule has 1 N–H and O–H groups in total. The maximum atomic E-state index is 12.8. The number of nitrogens with zero attached hydrogens (tertiary/aromatic N) is 1. The minimum Gasteiger partial charge on any atom is -0.444 e. The molecule has 2 amide bonds. The zero-order chi connectivity index (χ0) is 23.0. The van der Waals surface area contributed by atoms with Gasteiger partial charge in [0.15, 0.2) is 0 Å². The molecular weight excluding hydrogens is 400 g/mol. The molecule has 5 heteroatoms. The molecule has 5 nitrogen and oxygen atoms in total. The van der Waals surface area contributed by atoms with Crippen LogP contribution in [0.5, 0.6) is 0 Å². The zero-order valence-electron chi connectivity index (χ0n) is 20.1. The summed E-state index contributed by atoms with van der Waals surface area (Å²) in [7, 11) is 0. The largest absolute Gasteiger partial charge is 0.444 e. The fraction of sp³-hybridized carbons (Fsp3) is 0.630. The normalized spacial score (nSPS) is 28.5. The Labute approximate surface area is 193 Å². The summed E-state index contributed by atoms with van der Waals surface area (Å²) < 4.78 is 5.44. The van der Waals surface area contributed by atoms with Crippen LogP contribution in [-0.4, -0.2) is 41.6 Å². The van der Waals surface area contributed by atoms with E-state index in [1.807, 2.05) is 45.1 Å². The lowest BCUT2D eigenvalue weighted by Gasteiger charge is -2.24. The third-order valence-corrected chi connectivity index (χ3v) is 6.39. The highest BCUT2D eigenvalue weighted by molar-refractivity contribution is 5.96. The minimum atomic E-state index is -0.513. The summed E-state index contributed by atoms with van der Waals surface area (Å²) in [6, 6.07) is -0.0521. The van der Waals surface area contributed by atoms with Crippen LogP contribution in [0.3, 0.4) is 0 Å². The van der Waals surface area contributed by atoms with E-state index in [4.69, 9.17) is 4.74 Å². The molecule has 1 atom stereocenters. The average molecular weight is 441 g/mol. The van der Waals surface area contributed by atoms with E-state index in [1.54, 1.807) is 4.90 Å². The number of nitrogens with one attached hydrogen (secondary N) is 1. The predicted octanol–water partition coefficient (Wildman–Crippen LogP) is 5.84. The number of ether oxygens (including phenoxy) is 1. The Hall–Kier alpha value is -2.30. The molecular formula is C27H40N2O3. The standard InChI is InChI=1S/C27H40N2O3/c1-27(2,3)32-26(31)29-19-18-24(20-29)28-25(30)23-16-10-14-22(15-11-17-23)21-12-8-6-4-5-7-9-13-21/h10-11,14-17,21,24H,4-9,12-13,18-20H2,1-3H3,(H,28,30)/b14-10-,15-11?,16-10?,17-11-,22-14?,22-15+,23-16+,23-17?/t24-/m1/s1. The van der Waals surface area contributed by atoms with Crippen molar-refractivity contribution in [3.05, 3.63) is 47.6 Å². The van der Waals surface area contributed by atoms with Gasteiger partial charge >= 0.3 is 6.09 Å². The summed E-state index contributed by atoms with van der Waals surface area (Å²) >= 11 is 0. The molecule has 3 aliphatic rings. The van der Waals surface area contributed by atoms with Gasteiger partial charge in [0.05, 0.1) is 0 Å². The van der Waals surface area contributed by atoms with Gasteiger partial charge in [-0.2, -0.15) is 0 Å². The van der Waals surface area contributed by atoms with E-state index in [0.29, 0.717) is 24.6 Å². The van der Waals surface area contributed by atoms with E-state index >= 15 is 0 Å². The van der Waals surface area contributed by atoms with Gasteiger partial charge in [0.1, 0.15) is 5.60 Å². The zero-order valence-corrected chi connectivity index (χ0v) is 20.1. The molecule has 1 saturated heterocycles. The van der Waals surface area contributed by atoms with Crippen molar-refractivity contribution in [1.82, 2.24) is 10.2 Å². The molecule has 0 radical (unpaired) electrons. The van der Waals surface area contributed by atoms with Crippen molar-refractivity contribution in [3.63, 3.8) is 0 Å². The molecule has 1 heterocycles. The summed E-state index contributed by atoms with van der Waals surface area (Å²) in [5, 5.41) is 3.08. The van der Waals surface area contributed by atoms with Crippen molar-refractivity contribution in [2.24, 2.45) is 5.92 Å². The highest BCUT2D eigenvalue weighted by Crippen LogP contribution is 2.29. The Balaban J connectivity index is 1.52. The summed E-state index contributed by atoms with van der Waals surface area (Å²) in [5.41, 5.74) is 1.50. The van der Waals surface area contributed by atoms with E-state index in [2.05, 4.69) is 17.5 Å². The second-order valence-electron chi connectivity index (χ2n) is 10.3. The van der Waals surface area contributed by atoms with Crippen LogP contribution in [0.2, 0.25) is 0 Å². The molecule has 1 aliphatic heterocycles. The molecule has 3 rings (SSSR count). The van der Waals surface area contributed by atoms with Crippen LogP contribution >= 0.6 is 0 Å². The second kappa shape index (κ2) is 11.5. The number of likely N-dealkylation sites (tertiary alicyclic amines) is 1. The minimum absolute atomic E-state index is 0.0521. The quantitative estimate of drug-likeness (QED) is 0.600. The van der Waals surface area contributed by atoms with Crippen LogP contribution in [0.25, 0.3) is 0 Å². The van der Waals surface area contributed by atoms with Crippen molar-refractivity contribution < 1.29 is 14.3 Å². The first-order valence-corrected chi connectivity index (χ1v) is 12.4. The maximum Gasteiger partial charge on any atom is 0.410 e. The van der Waals surface area contributed by atoms with Crippen molar-refractivity contribution >= 4 is 12.0 Å². The monoisotopic (exact) mass is 440 g/mol. The molecule has 0 aromatic carbocycles. The first-order chi connectivity index (χ1) is 15.3. The number of allylic oxidation sites excluding steroid dienone is 6. The number of rotatable bonds is 3. The molecule has 0 aromatic heterocycles. The molecule has 0 spiro atoms. The van der Waals surface area contributed by atoms with Gasteiger partial charge in [0, 0.05) is 24.7 Å². The Bertz CT molecular complexity index is 775. The highest BCUT2D eigenvalue weighted by Gasteiger charge is 2.30. The van der Waals surface area contributed by atoms with E-state index < -0.39 is 5.60 Å². The van der Waals surface area contributed by atoms with Crippen LogP contribution in [0.4, 0.5) is 4.79 Å². The van der Waals surface area contributed by atoms with E-state index in [-0.39, 0.29) is 18.0 Å². The molecule has 0 aromatic rings. The van der Waals surface area contributed by atoms with Crippen molar-refractivity contribution in [3.8, 4) is 0 Å². The fourth-order valence-electron chi connectivity index (χ4n) is 4.67. The Morgan fingerprint density at radius 1 is 0.938 bits per heavy atom. The lowest BCUT2D eigenvalue weighted by Crippen LogP contribution is -2.40. The highest BCUT2D eigenvalue weighted by atomic mass is 16.6. The number of carbonyl (C=O) groups is 2. The van der Waals surface area contributed by atoms with E-state index in [9.17, 15) is 9.59 Å². The summed E-state index contributed by atoms with van der Waals surface area (Å²) in [6.07, 6.45) is 23.2. The van der Waals surface area contributed by atoms with Gasteiger partial charge in [-0.25, -0.2) is 4.79 Å². The molecule has 2 fully saturated rings. The molecule has 176 valence electrons. The van der Waals surface area contributed by atoms with E-state index in [0.717, 1.165) is 6.42 Å². The lowest BCUT2D eigenvalue weighted by molar-refractivity contribution is -0.117. The third kappa shape index (κ3) is 7.68. The number of hydrogen-bond donors (Lipinski definition) is 1. The molecule has 2 aliphatic carbocycles. The van der Waals surface area contributed by atoms with Gasteiger partial charge in [0.25, 0.3) is 5.91 Å². The Morgan fingerprint density at radius 3 is 2.28 bits per heavy atom. The van der Waals surface area contributed by atoms with Crippen LogP contribution in [-0.2, 0) is 9.53 Å². The Morgan fingerprint density at radius 2 is 1.59 bits per heavy atom. The predicted molar refractivity (Wildman–Crippen MR) is 129 cm³/mol. The van der Waals surface area contributed by atoms with Crippen molar-refractivity contribution in [2.75, 3.05) is 13.1 Å². The lowest BCUT2D eigenvalue weighted by atomic mass is 9.88. The van der Waals surface area contributed by atoms with Gasteiger partial charge in [-0.3, -0.25) is 4.79 Å². The van der Waals surface area contributed by atoms with Crippen LogP contribution in [0.15, 0.2) is 47.6 Å². The number of amides is 2. The smallest absolute Gasteiger partial charge is 0.410 e.